The Morgan fingerprint density at radius 3 is 2.43 bits per heavy atom. The Balaban J connectivity index is 1.95. The van der Waals surface area contributed by atoms with Crippen LogP contribution in [0.5, 0.6) is 0 Å². The predicted molar refractivity (Wildman–Crippen MR) is 84.2 cm³/mol. The third kappa shape index (κ3) is 4.86. The summed E-state index contributed by atoms with van der Waals surface area (Å²) in [5.74, 6) is 0.607. The Hall–Kier alpha value is -1.88. The predicted octanol–water partition coefficient (Wildman–Crippen LogP) is 2.90. The zero-order valence-corrected chi connectivity index (χ0v) is 13.5. The molecule has 2 aromatic rings. The summed E-state index contributed by atoms with van der Waals surface area (Å²) in [4.78, 5) is 1.96. The Morgan fingerprint density at radius 1 is 1.14 bits per heavy atom. The molecular formula is C16H24N4O. The van der Waals surface area contributed by atoms with Crippen LogP contribution in [0, 0.1) is 6.92 Å². The van der Waals surface area contributed by atoms with Gasteiger partial charge in [0, 0.05) is 19.1 Å². The average molecular weight is 288 g/mol. The topological polar surface area (TPSA) is 54.2 Å². The van der Waals surface area contributed by atoms with Gasteiger partial charge in [-0.3, -0.25) is 0 Å². The van der Waals surface area contributed by atoms with Gasteiger partial charge >= 0.3 is 6.01 Å². The fourth-order valence-electron chi connectivity index (χ4n) is 1.85. The molecule has 0 unspecified atom stereocenters. The lowest BCUT2D eigenvalue weighted by atomic mass is 10.1. The molecule has 0 atom stereocenters. The lowest BCUT2D eigenvalue weighted by Gasteiger charge is -2.18. The largest absolute Gasteiger partial charge is 0.407 e. The Kier molecular flexibility index (Phi) is 4.63. The van der Waals surface area contributed by atoms with Gasteiger partial charge in [-0.25, -0.2) is 0 Å². The molecular weight excluding hydrogens is 264 g/mol. The Labute approximate surface area is 126 Å². The molecule has 0 amide bonds. The molecule has 1 aromatic carbocycles. The molecule has 0 aliphatic rings. The molecule has 114 valence electrons. The van der Waals surface area contributed by atoms with E-state index in [2.05, 4.69) is 67.5 Å². The first-order valence-electron chi connectivity index (χ1n) is 7.17. The highest BCUT2D eigenvalue weighted by molar-refractivity contribution is 5.28. The van der Waals surface area contributed by atoms with Crippen LogP contribution in [-0.4, -0.2) is 22.8 Å². The van der Waals surface area contributed by atoms with E-state index < -0.39 is 0 Å². The minimum absolute atomic E-state index is 0.0302. The van der Waals surface area contributed by atoms with E-state index >= 15 is 0 Å². The van der Waals surface area contributed by atoms with Crippen LogP contribution in [0.2, 0.25) is 0 Å². The van der Waals surface area contributed by atoms with Gasteiger partial charge in [0.15, 0.2) is 0 Å². The van der Waals surface area contributed by atoms with Crippen LogP contribution in [0.1, 0.15) is 37.8 Å². The molecule has 5 heteroatoms. The molecule has 1 aromatic heterocycles. The average Bonchev–Trinajstić information content (AvgIpc) is 2.87. The van der Waals surface area contributed by atoms with E-state index in [1.165, 1.54) is 11.1 Å². The second-order valence-electron chi connectivity index (χ2n) is 6.42. The molecule has 0 fully saturated rings. The van der Waals surface area contributed by atoms with Gasteiger partial charge in [-0.1, -0.05) is 34.9 Å². The van der Waals surface area contributed by atoms with Gasteiger partial charge in [0.05, 0.1) is 6.54 Å². The van der Waals surface area contributed by atoms with Crippen molar-refractivity contribution >= 4 is 6.01 Å². The quantitative estimate of drug-likeness (QED) is 0.917. The lowest BCUT2D eigenvalue weighted by molar-refractivity contribution is 0.381. The molecule has 0 radical (unpaired) electrons. The second-order valence-corrected chi connectivity index (χ2v) is 6.42. The Bertz CT molecular complexity index is 569. The van der Waals surface area contributed by atoms with Gasteiger partial charge < -0.3 is 14.6 Å². The van der Waals surface area contributed by atoms with Crippen molar-refractivity contribution in [1.29, 1.82) is 0 Å². The number of hydrogen-bond donors (Lipinski definition) is 1. The number of aromatic nitrogens is 2. The smallest absolute Gasteiger partial charge is 0.318 e. The second kappa shape index (κ2) is 6.26. The van der Waals surface area contributed by atoms with Crippen molar-refractivity contribution in [1.82, 2.24) is 15.5 Å². The summed E-state index contributed by atoms with van der Waals surface area (Å²) in [6.07, 6.45) is 0. The van der Waals surface area contributed by atoms with Crippen molar-refractivity contribution in [3.05, 3.63) is 41.3 Å². The summed E-state index contributed by atoms with van der Waals surface area (Å²) in [7, 11) is 1.95. The highest BCUT2D eigenvalue weighted by atomic mass is 16.4. The number of anilines is 1. The third-order valence-corrected chi connectivity index (χ3v) is 3.09. The van der Waals surface area contributed by atoms with Gasteiger partial charge in [0.2, 0.25) is 5.89 Å². The van der Waals surface area contributed by atoms with Crippen molar-refractivity contribution in [3.8, 4) is 0 Å². The third-order valence-electron chi connectivity index (χ3n) is 3.09. The summed E-state index contributed by atoms with van der Waals surface area (Å²) in [6, 6.07) is 8.99. The van der Waals surface area contributed by atoms with E-state index in [9.17, 15) is 0 Å². The molecule has 1 N–H and O–H groups in total. The van der Waals surface area contributed by atoms with E-state index in [4.69, 9.17) is 4.42 Å². The summed E-state index contributed by atoms with van der Waals surface area (Å²) in [5, 5.41) is 11.5. The number of nitrogens with zero attached hydrogens (tertiary/aromatic N) is 3. The van der Waals surface area contributed by atoms with Crippen LogP contribution in [0.3, 0.4) is 0 Å². The number of nitrogens with one attached hydrogen (secondary N) is 1. The highest BCUT2D eigenvalue weighted by Crippen LogP contribution is 2.15. The number of rotatable bonds is 5. The van der Waals surface area contributed by atoms with Crippen LogP contribution >= 0.6 is 0 Å². The molecule has 0 saturated heterocycles. The van der Waals surface area contributed by atoms with Crippen molar-refractivity contribution in [2.75, 3.05) is 11.9 Å². The van der Waals surface area contributed by atoms with Crippen molar-refractivity contribution in [2.24, 2.45) is 0 Å². The van der Waals surface area contributed by atoms with Gasteiger partial charge in [0.25, 0.3) is 0 Å². The molecule has 2 rings (SSSR count). The van der Waals surface area contributed by atoms with Gasteiger partial charge in [0.1, 0.15) is 0 Å². The van der Waals surface area contributed by atoms with E-state index in [1.54, 1.807) is 0 Å². The molecule has 5 nitrogen and oxygen atoms in total. The van der Waals surface area contributed by atoms with Gasteiger partial charge in [-0.05, 0) is 33.3 Å². The van der Waals surface area contributed by atoms with Crippen LogP contribution in [0.25, 0.3) is 0 Å². The van der Waals surface area contributed by atoms with E-state index in [0.717, 1.165) is 6.54 Å². The fourth-order valence-corrected chi connectivity index (χ4v) is 1.85. The van der Waals surface area contributed by atoms with Gasteiger partial charge in [-0.15, -0.1) is 5.10 Å². The van der Waals surface area contributed by atoms with Crippen LogP contribution in [-0.2, 0) is 13.1 Å². The molecule has 0 aliphatic carbocycles. The zero-order valence-electron chi connectivity index (χ0n) is 13.5. The highest BCUT2D eigenvalue weighted by Gasteiger charge is 2.14. The summed E-state index contributed by atoms with van der Waals surface area (Å²) < 4.78 is 5.68. The first-order chi connectivity index (χ1) is 9.83. The van der Waals surface area contributed by atoms with E-state index in [-0.39, 0.29) is 5.54 Å². The molecule has 21 heavy (non-hydrogen) atoms. The number of aryl methyl sites for hydroxylation is 1. The van der Waals surface area contributed by atoms with Crippen molar-refractivity contribution in [3.63, 3.8) is 0 Å². The molecule has 0 aliphatic heterocycles. The lowest BCUT2D eigenvalue weighted by Crippen LogP contribution is -2.35. The molecule has 0 saturated carbocycles. The maximum Gasteiger partial charge on any atom is 0.318 e. The van der Waals surface area contributed by atoms with Crippen molar-refractivity contribution in [2.45, 2.75) is 46.3 Å². The summed E-state index contributed by atoms with van der Waals surface area (Å²) in [6.45, 7) is 9.72. The minimum atomic E-state index is 0.0302. The maximum absolute atomic E-state index is 5.68. The Morgan fingerprint density at radius 2 is 1.81 bits per heavy atom. The zero-order chi connectivity index (χ0) is 15.5. The first-order valence-corrected chi connectivity index (χ1v) is 7.17. The van der Waals surface area contributed by atoms with Crippen molar-refractivity contribution < 1.29 is 4.42 Å². The van der Waals surface area contributed by atoms with E-state index in [1.807, 2.05) is 11.9 Å². The first kappa shape index (κ1) is 15.5. The maximum atomic E-state index is 5.68. The van der Waals surface area contributed by atoms with Crippen LogP contribution in [0.15, 0.2) is 28.7 Å². The SMILES string of the molecule is Cc1ccc(CN(C)c2nnc(CNC(C)(C)C)o2)cc1. The van der Waals surface area contributed by atoms with E-state index in [0.29, 0.717) is 18.5 Å². The monoisotopic (exact) mass is 288 g/mol. The molecule has 0 spiro atoms. The summed E-state index contributed by atoms with van der Waals surface area (Å²) in [5.41, 5.74) is 2.51. The van der Waals surface area contributed by atoms with Gasteiger partial charge in [-0.2, -0.15) is 0 Å². The van der Waals surface area contributed by atoms with Crippen LogP contribution < -0.4 is 10.2 Å². The normalized spacial score (nSPS) is 11.7. The minimum Gasteiger partial charge on any atom is -0.407 e. The molecule has 1 heterocycles. The fraction of sp³-hybridized carbons (Fsp3) is 0.500. The number of benzene rings is 1. The van der Waals surface area contributed by atoms with Crippen LogP contribution in [0.4, 0.5) is 6.01 Å². The number of hydrogen-bond acceptors (Lipinski definition) is 5. The molecule has 0 bridgehead atoms. The summed E-state index contributed by atoms with van der Waals surface area (Å²) >= 11 is 0. The standard InChI is InChI=1S/C16H24N4O/c1-12-6-8-13(9-7-12)11-20(5)15-19-18-14(21-15)10-17-16(2,3)4/h6-9,17H,10-11H2,1-5H3.